The van der Waals surface area contributed by atoms with Crippen molar-refractivity contribution >= 4 is 38.7 Å². The highest BCUT2D eigenvalue weighted by Gasteiger charge is 2.40. The first-order valence-corrected chi connectivity index (χ1v) is 15.5. The lowest BCUT2D eigenvalue weighted by Gasteiger charge is -2.24. The van der Waals surface area contributed by atoms with Crippen molar-refractivity contribution in [1.29, 1.82) is 0 Å². The Morgan fingerprint density at radius 2 is 1.84 bits per heavy atom. The SMILES string of the molecule is CN(C(=O)OC(C)(C)C)c1ccc(-c2ccc(F)c(CCC(=O)[C@@H]3CCCN3S(=O)(=O)c3cc4ccccc4o3)c2)cn1. The molecule has 1 atom stereocenters. The number of fused-ring (bicyclic) bond motifs is 1. The molecule has 5 rings (SSSR count). The van der Waals surface area contributed by atoms with E-state index in [0.717, 1.165) is 0 Å². The van der Waals surface area contributed by atoms with E-state index < -0.39 is 33.6 Å². The van der Waals surface area contributed by atoms with Crippen LogP contribution >= 0.6 is 0 Å². The summed E-state index contributed by atoms with van der Waals surface area (Å²) < 4.78 is 53.8. The Morgan fingerprint density at radius 3 is 2.53 bits per heavy atom. The van der Waals surface area contributed by atoms with E-state index in [1.807, 2.05) is 0 Å². The zero-order valence-electron chi connectivity index (χ0n) is 24.5. The normalized spacial score (nSPS) is 16.0. The summed E-state index contributed by atoms with van der Waals surface area (Å²) in [7, 11) is -2.45. The number of halogens is 1. The van der Waals surface area contributed by atoms with Crippen molar-refractivity contribution in [3.8, 4) is 11.1 Å². The van der Waals surface area contributed by atoms with Crippen LogP contribution in [0.3, 0.4) is 0 Å². The molecule has 1 fully saturated rings. The molecule has 0 unspecified atom stereocenters. The van der Waals surface area contributed by atoms with E-state index in [-0.39, 0.29) is 30.3 Å². The van der Waals surface area contributed by atoms with Crippen LogP contribution < -0.4 is 4.90 Å². The molecule has 0 aliphatic carbocycles. The lowest BCUT2D eigenvalue weighted by Crippen LogP contribution is -2.40. The number of hydrogen-bond donors (Lipinski definition) is 0. The van der Waals surface area contributed by atoms with Gasteiger partial charge >= 0.3 is 6.09 Å². The van der Waals surface area contributed by atoms with Crippen molar-refractivity contribution in [3.63, 3.8) is 0 Å². The Kier molecular flexibility index (Phi) is 8.40. The summed E-state index contributed by atoms with van der Waals surface area (Å²) in [5.74, 6) is -0.327. The van der Waals surface area contributed by atoms with Crippen molar-refractivity contribution < 1.29 is 31.6 Å². The largest absolute Gasteiger partial charge is 0.443 e. The second-order valence-electron chi connectivity index (χ2n) is 11.6. The topological polar surface area (TPSA) is 110 Å². The van der Waals surface area contributed by atoms with Gasteiger partial charge in [0.2, 0.25) is 5.09 Å². The summed E-state index contributed by atoms with van der Waals surface area (Å²) in [5, 5.41) is 0.475. The van der Waals surface area contributed by atoms with Crippen molar-refractivity contribution in [3.05, 3.63) is 78.2 Å². The third-order valence-electron chi connectivity index (χ3n) is 7.32. The van der Waals surface area contributed by atoms with E-state index in [9.17, 15) is 22.4 Å². The van der Waals surface area contributed by atoms with Gasteiger partial charge in [-0.25, -0.2) is 22.6 Å². The predicted octanol–water partition coefficient (Wildman–Crippen LogP) is 6.36. The second-order valence-corrected chi connectivity index (χ2v) is 13.4. The van der Waals surface area contributed by atoms with Gasteiger partial charge in [-0.15, -0.1) is 0 Å². The van der Waals surface area contributed by atoms with E-state index in [4.69, 9.17) is 9.15 Å². The number of amides is 1. The van der Waals surface area contributed by atoms with Crippen molar-refractivity contribution in [2.45, 2.75) is 63.2 Å². The molecule has 0 spiro atoms. The summed E-state index contributed by atoms with van der Waals surface area (Å²) in [6.07, 6.45) is 2.09. The zero-order valence-corrected chi connectivity index (χ0v) is 25.4. The summed E-state index contributed by atoms with van der Waals surface area (Å²) in [4.78, 5) is 31.3. The molecular weight excluding hydrogens is 573 g/mol. The molecule has 2 aromatic heterocycles. The summed E-state index contributed by atoms with van der Waals surface area (Å²) >= 11 is 0. The van der Waals surface area contributed by atoms with Crippen LogP contribution in [0.2, 0.25) is 0 Å². The highest BCUT2D eigenvalue weighted by atomic mass is 32.2. The van der Waals surface area contributed by atoms with Crippen molar-refractivity contribution in [2.24, 2.45) is 0 Å². The minimum absolute atomic E-state index is 0.0188. The van der Waals surface area contributed by atoms with Crippen LogP contribution in [-0.2, 0) is 26.0 Å². The molecule has 0 radical (unpaired) electrons. The van der Waals surface area contributed by atoms with Gasteiger partial charge in [-0.2, -0.15) is 4.31 Å². The highest BCUT2D eigenvalue weighted by Crippen LogP contribution is 2.31. The molecule has 4 aromatic rings. The fraction of sp³-hybridized carbons (Fsp3) is 0.344. The quantitative estimate of drug-likeness (QED) is 0.229. The van der Waals surface area contributed by atoms with Crippen LogP contribution in [0.5, 0.6) is 0 Å². The molecule has 11 heteroatoms. The lowest BCUT2D eigenvalue weighted by atomic mass is 9.98. The van der Waals surface area contributed by atoms with Gasteiger partial charge in [-0.1, -0.05) is 24.3 Å². The van der Waals surface area contributed by atoms with E-state index in [2.05, 4.69) is 4.98 Å². The van der Waals surface area contributed by atoms with Crippen molar-refractivity contribution in [2.75, 3.05) is 18.5 Å². The number of ether oxygens (including phenoxy) is 1. The monoisotopic (exact) mass is 607 g/mol. The Hall–Kier alpha value is -4.09. The summed E-state index contributed by atoms with van der Waals surface area (Å²) in [6, 6.07) is 15.7. The minimum atomic E-state index is -4.02. The maximum absolute atomic E-state index is 14.8. The molecule has 9 nitrogen and oxygen atoms in total. The molecule has 1 amide bonds. The molecule has 1 saturated heterocycles. The standard InChI is InChI=1S/C32H34FN3O6S/c1-32(2,3)42-31(38)35(4)29-16-13-24(20-34-29)21-11-14-25(33)22(18-21)12-15-27(37)26-9-7-17-36(26)43(39,40)30-19-23-8-5-6-10-28(23)41-30/h5-6,8,10-11,13-14,16,18-20,26H,7,9,12,15,17H2,1-4H3/t26-/m0/s1. The first kappa shape index (κ1) is 30.4. The van der Waals surface area contributed by atoms with Gasteiger partial charge in [0, 0.05) is 43.2 Å². The molecule has 0 saturated carbocycles. The number of furan rings is 1. The number of carbonyl (C=O) groups excluding carboxylic acids is 2. The molecule has 0 N–H and O–H groups in total. The number of nitrogens with zero attached hydrogens (tertiary/aromatic N) is 3. The van der Waals surface area contributed by atoms with Gasteiger partial charge in [-0.05, 0) is 81.5 Å². The van der Waals surface area contributed by atoms with Crippen molar-refractivity contribution in [1.82, 2.24) is 9.29 Å². The van der Waals surface area contributed by atoms with Gasteiger partial charge in [0.25, 0.3) is 10.0 Å². The van der Waals surface area contributed by atoms with Gasteiger partial charge in [0.15, 0.2) is 5.78 Å². The van der Waals surface area contributed by atoms with Gasteiger partial charge in [0.1, 0.15) is 22.8 Å². The third-order valence-corrected chi connectivity index (χ3v) is 9.08. The number of para-hydroxylation sites is 1. The van der Waals surface area contributed by atoms with Crippen LogP contribution in [0, 0.1) is 5.82 Å². The number of Topliss-reactive ketones (excluding diaryl/α,β-unsaturated/α-hetero) is 1. The number of sulfonamides is 1. The fourth-order valence-electron chi connectivity index (χ4n) is 5.10. The first-order valence-electron chi connectivity index (χ1n) is 14.1. The third kappa shape index (κ3) is 6.62. The van der Waals surface area contributed by atoms with E-state index in [0.29, 0.717) is 46.3 Å². The van der Waals surface area contributed by atoms with E-state index in [1.54, 1.807) is 82.5 Å². The maximum Gasteiger partial charge on any atom is 0.415 e. The summed E-state index contributed by atoms with van der Waals surface area (Å²) in [5.41, 5.74) is 1.55. The lowest BCUT2D eigenvalue weighted by molar-refractivity contribution is -0.122. The first-order chi connectivity index (χ1) is 20.3. The van der Waals surface area contributed by atoms with Gasteiger partial charge in [0.05, 0.1) is 6.04 Å². The van der Waals surface area contributed by atoms with Crippen LogP contribution in [-0.4, -0.2) is 54.8 Å². The van der Waals surface area contributed by atoms with Gasteiger partial charge < -0.3 is 9.15 Å². The maximum atomic E-state index is 14.8. The minimum Gasteiger partial charge on any atom is -0.443 e. The number of carbonyl (C=O) groups is 2. The molecule has 3 heterocycles. The second kappa shape index (κ2) is 11.9. The number of aryl methyl sites for hydroxylation is 1. The predicted molar refractivity (Wildman–Crippen MR) is 161 cm³/mol. The molecule has 1 aliphatic rings. The Balaban J connectivity index is 1.27. The van der Waals surface area contributed by atoms with Crippen LogP contribution in [0.4, 0.5) is 15.0 Å². The van der Waals surface area contributed by atoms with E-state index in [1.165, 1.54) is 21.3 Å². The number of hydrogen-bond acceptors (Lipinski definition) is 7. The van der Waals surface area contributed by atoms with Crippen LogP contribution in [0.15, 0.2) is 76.4 Å². The fourth-order valence-corrected chi connectivity index (χ4v) is 6.73. The van der Waals surface area contributed by atoms with E-state index >= 15 is 0 Å². The molecular formula is C32H34FN3O6S. The number of rotatable bonds is 8. The van der Waals surface area contributed by atoms with Crippen LogP contribution in [0.25, 0.3) is 22.1 Å². The Labute approximate surface area is 250 Å². The average Bonchev–Trinajstić information content (AvgIpc) is 3.64. The summed E-state index contributed by atoms with van der Waals surface area (Å²) in [6.45, 7) is 5.56. The number of ketones is 1. The molecule has 2 aromatic carbocycles. The molecule has 0 bridgehead atoms. The smallest absolute Gasteiger partial charge is 0.415 e. The number of pyridine rings is 1. The highest BCUT2D eigenvalue weighted by molar-refractivity contribution is 7.89. The van der Waals surface area contributed by atoms with Crippen LogP contribution in [0.1, 0.15) is 45.6 Å². The molecule has 43 heavy (non-hydrogen) atoms. The Bertz CT molecular complexity index is 1730. The zero-order chi connectivity index (χ0) is 30.9. The number of benzene rings is 2. The number of aromatic nitrogens is 1. The average molecular weight is 608 g/mol. The Morgan fingerprint density at radius 1 is 1.09 bits per heavy atom. The molecule has 226 valence electrons. The molecule has 1 aliphatic heterocycles. The van der Waals surface area contributed by atoms with Gasteiger partial charge in [-0.3, -0.25) is 9.69 Å². The number of anilines is 1.